The lowest BCUT2D eigenvalue weighted by molar-refractivity contribution is 1.33. The molecule has 0 atom stereocenters. The van der Waals surface area contributed by atoms with Crippen molar-refractivity contribution in [1.82, 2.24) is 14.3 Å². The van der Waals surface area contributed by atoms with Gasteiger partial charge in [-0.05, 0) is 30.6 Å². The number of nitrogens with two attached hydrogens (primary N) is 1. The van der Waals surface area contributed by atoms with Crippen LogP contribution in [-0.4, -0.2) is 14.3 Å². The first-order valence-corrected chi connectivity index (χ1v) is 6.28. The Morgan fingerprint density at radius 2 is 2.25 bits per heavy atom. The first-order valence-electron chi connectivity index (χ1n) is 4.69. The highest BCUT2D eigenvalue weighted by molar-refractivity contribution is 7.21. The third-order valence-corrected chi connectivity index (χ3v) is 4.03. The lowest BCUT2D eigenvalue weighted by atomic mass is 10.2. The molecule has 0 spiro atoms. The van der Waals surface area contributed by atoms with Crippen molar-refractivity contribution in [2.45, 2.75) is 6.92 Å². The highest BCUT2D eigenvalue weighted by Crippen LogP contribution is 2.36. The Labute approximate surface area is 100.0 Å². The molecule has 3 heterocycles. The Hall–Kier alpha value is -1.53. The molecule has 0 saturated carbocycles. The van der Waals surface area contributed by atoms with E-state index >= 15 is 0 Å². The summed E-state index contributed by atoms with van der Waals surface area (Å²) in [5, 5.41) is 1.62. The molecule has 0 aromatic carbocycles. The fourth-order valence-electron chi connectivity index (χ4n) is 1.52. The Bertz CT molecular complexity index is 603. The molecule has 2 N–H and O–H groups in total. The molecule has 4 nitrogen and oxygen atoms in total. The van der Waals surface area contributed by atoms with Crippen LogP contribution in [0.1, 0.15) is 5.69 Å². The van der Waals surface area contributed by atoms with E-state index in [1.807, 2.05) is 19.1 Å². The first-order chi connectivity index (χ1) is 7.75. The topological polar surface area (TPSA) is 64.7 Å². The van der Waals surface area contributed by atoms with Gasteiger partial charge in [0.15, 0.2) is 0 Å². The normalized spacial score (nSPS) is 11.1. The number of anilines is 1. The van der Waals surface area contributed by atoms with Crippen molar-refractivity contribution >= 4 is 38.2 Å². The SMILES string of the molecule is Cc1nsc(N)c1-c1nc2cccnc2s1. The first kappa shape index (κ1) is 9.68. The fraction of sp³-hybridized carbons (Fsp3) is 0.100. The summed E-state index contributed by atoms with van der Waals surface area (Å²) in [6.07, 6.45) is 1.77. The molecule has 0 radical (unpaired) electrons. The van der Waals surface area contributed by atoms with Gasteiger partial charge in [-0.15, -0.1) is 0 Å². The summed E-state index contributed by atoms with van der Waals surface area (Å²) < 4.78 is 4.23. The molecule has 0 bridgehead atoms. The maximum absolute atomic E-state index is 5.90. The molecule has 0 saturated heterocycles. The van der Waals surface area contributed by atoms with E-state index in [4.69, 9.17) is 5.73 Å². The van der Waals surface area contributed by atoms with E-state index in [-0.39, 0.29) is 0 Å². The number of thiazole rings is 1. The third kappa shape index (κ3) is 1.38. The van der Waals surface area contributed by atoms with Gasteiger partial charge in [-0.25, -0.2) is 9.97 Å². The van der Waals surface area contributed by atoms with Gasteiger partial charge in [0.05, 0.1) is 11.3 Å². The number of hydrogen-bond acceptors (Lipinski definition) is 6. The smallest absolute Gasteiger partial charge is 0.143 e. The van der Waals surface area contributed by atoms with Crippen molar-refractivity contribution in [3.63, 3.8) is 0 Å². The van der Waals surface area contributed by atoms with Crippen LogP contribution in [0.5, 0.6) is 0 Å². The van der Waals surface area contributed by atoms with E-state index in [0.29, 0.717) is 0 Å². The quantitative estimate of drug-likeness (QED) is 0.719. The predicted molar refractivity (Wildman–Crippen MR) is 67.7 cm³/mol. The maximum Gasteiger partial charge on any atom is 0.143 e. The molecule has 0 amide bonds. The maximum atomic E-state index is 5.90. The van der Waals surface area contributed by atoms with Crippen LogP contribution in [-0.2, 0) is 0 Å². The van der Waals surface area contributed by atoms with Gasteiger partial charge in [0.25, 0.3) is 0 Å². The monoisotopic (exact) mass is 248 g/mol. The second-order valence-electron chi connectivity index (χ2n) is 3.35. The zero-order valence-corrected chi connectivity index (χ0v) is 10.1. The summed E-state index contributed by atoms with van der Waals surface area (Å²) in [4.78, 5) is 9.72. The Morgan fingerprint density at radius 1 is 1.38 bits per heavy atom. The summed E-state index contributed by atoms with van der Waals surface area (Å²) >= 11 is 2.86. The molecule has 0 fully saturated rings. The van der Waals surface area contributed by atoms with Gasteiger partial charge in [0, 0.05) is 6.20 Å². The van der Waals surface area contributed by atoms with Crippen LogP contribution in [0.2, 0.25) is 0 Å². The number of nitrogens with zero attached hydrogens (tertiary/aromatic N) is 3. The molecule has 3 aromatic rings. The van der Waals surface area contributed by atoms with Crippen molar-refractivity contribution in [2.24, 2.45) is 0 Å². The number of rotatable bonds is 1. The Kier molecular flexibility index (Phi) is 2.12. The van der Waals surface area contributed by atoms with Crippen molar-refractivity contribution < 1.29 is 0 Å². The van der Waals surface area contributed by atoms with Crippen LogP contribution < -0.4 is 5.73 Å². The van der Waals surface area contributed by atoms with Crippen LogP contribution in [0.4, 0.5) is 5.00 Å². The number of hydrogen-bond donors (Lipinski definition) is 1. The number of aryl methyl sites for hydroxylation is 1. The zero-order valence-electron chi connectivity index (χ0n) is 8.47. The van der Waals surface area contributed by atoms with Crippen LogP contribution in [0.25, 0.3) is 20.9 Å². The number of pyridine rings is 1. The summed E-state index contributed by atoms with van der Waals surface area (Å²) in [7, 11) is 0. The second-order valence-corrected chi connectivity index (χ2v) is 5.14. The average molecular weight is 248 g/mol. The van der Waals surface area contributed by atoms with Crippen LogP contribution in [0, 0.1) is 6.92 Å². The molecule has 0 aliphatic rings. The van der Waals surface area contributed by atoms with Gasteiger partial charge in [0.2, 0.25) is 0 Å². The second kappa shape index (κ2) is 3.50. The summed E-state index contributed by atoms with van der Waals surface area (Å²) in [5.41, 5.74) is 8.69. The van der Waals surface area contributed by atoms with Gasteiger partial charge < -0.3 is 5.73 Å². The Morgan fingerprint density at radius 3 is 2.94 bits per heavy atom. The minimum absolute atomic E-state index is 0.719. The van der Waals surface area contributed by atoms with E-state index in [2.05, 4.69) is 14.3 Å². The van der Waals surface area contributed by atoms with Crippen LogP contribution >= 0.6 is 22.9 Å². The van der Waals surface area contributed by atoms with Crippen molar-refractivity contribution in [3.8, 4) is 10.6 Å². The minimum atomic E-state index is 0.719. The summed E-state index contributed by atoms with van der Waals surface area (Å²) in [6.45, 7) is 1.95. The minimum Gasteiger partial charge on any atom is -0.389 e. The molecule has 3 rings (SSSR count). The lowest BCUT2D eigenvalue weighted by Crippen LogP contribution is -1.84. The predicted octanol–water partition coefficient (Wildman–Crippen LogP) is 2.71. The van der Waals surface area contributed by atoms with Crippen LogP contribution in [0.15, 0.2) is 18.3 Å². The number of nitrogen functional groups attached to an aromatic ring is 1. The van der Waals surface area contributed by atoms with Gasteiger partial charge in [-0.3, -0.25) is 0 Å². The third-order valence-electron chi connectivity index (χ3n) is 2.27. The van der Waals surface area contributed by atoms with Crippen molar-refractivity contribution in [3.05, 3.63) is 24.0 Å². The summed E-state index contributed by atoms with van der Waals surface area (Å²) in [5.74, 6) is 0. The molecule has 6 heteroatoms. The standard InChI is InChI=1S/C10H8N4S2/c1-5-7(8(11)16-14-5)10-13-6-3-2-4-12-9(6)15-10/h2-4H,11H2,1H3. The van der Waals surface area contributed by atoms with E-state index in [1.54, 1.807) is 17.5 Å². The fourth-order valence-corrected chi connectivity index (χ4v) is 3.27. The molecular weight excluding hydrogens is 240 g/mol. The lowest BCUT2D eigenvalue weighted by Gasteiger charge is -1.93. The van der Waals surface area contributed by atoms with Gasteiger partial charge in [0.1, 0.15) is 20.4 Å². The molecular formula is C10H8N4S2. The highest BCUT2D eigenvalue weighted by atomic mass is 32.1. The molecule has 3 aromatic heterocycles. The molecule has 0 unspecified atom stereocenters. The highest BCUT2D eigenvalue weighted by Gasteiger charge is 2.14. The molecule has 0 aliphatic heterocycles. The van der Waals surface area contributed by atoms with Crippen molar-refractivity contribution in [2.75, 3.05) is 5.73 Å². The largest absolute Gasteiger partial charge is 0.389 e. The van der Waals surface area contributed by atoms with E-state index in [9.17, 15) is 0 Å². The van der Waals surface area contributed by atoms with E-state index in [0.717, 1.165) is 31.6 Å². The van der Waals surface area contributed by atoms with E-state index < -0.39 is 0 Å². The van der Waals surface area contributed by atoms with Gasteiger partial charge in [-0.2, -0.15) is 4.37 Å². The molecule has 80 valence electrons. The molecule has 0 aliphatic carbocycles. The molecule has 16 heavy (non-hydrogen) atoms. The Balaban J connectivity index is 2.27. The van der Waals surface area contributed by atoms with E-state index in [1.165, 1.54) is 11.5 Å². The van der Waals surface area contributed by atoms with Gasteiger partial charge >= 0.3 is 0 Å². The van der Waals surface area contributed by atoms with Gasteiger partial charge in [-0.1, -0.05) is 11.3 Å². The summed E-state index contributed by atoms with van der Waals surface area (Å²) in [6, 6.07) is 3.83. The number of fused-ring (bicyclic) bond motifs is 1. The number of aromatic nitrogens is 3. The van der Waals surface area contributed by atoms with Crippen LogP contribution in [0.3, 0.4) is 0 Å². The average Bonchev–Trinajstić information content (AvgIpc) is 2.82. The zero-order chi connectivity index (χ0) is 11.1. The van der Waals surface area contributed by atoms with Crippen molar-refractivity contribution in [1.29, 1.82) is 0 Å².